The summed E-state index contributed by atoms with van der Waals surface area (Å²) < 4.78 is 22.0. The highest BCUT2D eigenvalue weighted by Crippen LogP contribution is 2.20. The maximum Gasteiger partial charge on any atom is 0.107 e. The number of hydrogen-bond acceptors (Lipinski definition) is 4. The molecule has 4 heteroatoms. The third-order valence-electron chi connectivity index (χ3n) is 2.52. The molecule has 0 saturated carbocycles. The molecule has 0 amide bonds. The lowest BCUT2D eigenvalue weighted by Crippen LogP contribution is -2.45. The lowest BCUT2D eigenvalue weighted by Gasteiger charge is -2.35. The van der Waals surface area contributed by atoms with Crippen LogP contribution >= 0.6 is 0 Å². The molecule has 1 aliphatic rings. The van der Waals surface area contributed by atoms with Crippen molar-refractivity contribution in [1.29, 1.82) is 0 Å². The van der Waals surface area contributed by atoms with Crippen LogP contribution in [0.25, 0.3) is 0 Å². The molecule has 1 fully saturated rings. The molecule has 15 heavy (non-hydrogen) atoms. The summed E-state index contributed by atoms with van der Waals surface area (Å²) in [5.74, 6) is 0. The second kappa shape index (κ2) is 7.17. The van der Waals surface area contributed by atoms with Crippen LogP contribution < -0.4 is 0 Å². The van der Waals surface area contributed by atoms with Crippen LogP contribution in [-0.4, -0.2) is 51.8 Å². The van der Waals surface area contributed by atoms with E-state index in [-0.39, 0.29) is 18.3 Å². The van der Waals surface area contributed by atoms with Crippen molar-refractivity contribution in [2.45, 2.75) is 38.6 Å². The van der Waals surface area contributed by atoms with Gasteiger partial charge in [-0.3, -0.25) is 0 Å². The molecular weight excluding hydrogens is 196 g/mol. The molecule has 0 aromatic carbocycles. The standard InChI is InChI=1S/C11H22O4/c1-4-13-10-6-9(7-12-3)15-8-11(10)14-5-2/h9-11H,4-8H2,1-3H3. The molecule has 0 radical (unpaired) electrons. The van der Waals surface area contributed by atoms with Gasteiger partial charge in [0.15, 0.2) is 0 Å². The highest BCUT2D eigenvalue weighted by atomic mass is 16.6. The summed E-state index contributed by atoms with van der Waals surface area (Å²) in [7, 11) is 1.69. The number of ether oxygens (including phenoxy) is 4. The zero-order valence-electron chi connectivity index (χ0n) is 9.90. The fourth-order valence-corrected chi connectivity index (χ4v) is 1.88. The molecule has 0 bridgehead atoms. The van der Waals surface area contributed by atoms with Crippen molar-refractivity contribution in [2.75, 3.05) is 33.5 Å². The van der Waals surface area contributed by atoms with E-state index in [0.29, 0.717) is 26.4 Å². The third-order valence-corrected chi connectivity index (χ3v) is 2.52. The summed E-state index contributed by atoms with van der Waals surface area (Å²) in [6, 6.07) is 0. The first-order valence-corrected chi connectivity index (χ1v) is 5.65. The molecule has 0 aromatic rings. The van der Waals surface area contributed by atoms with Gasteiger partial charge >= 0.3 is 0 Å². The van der Waals surface area contributed by atoms with E-state index in [1.807, 2.05) is 13.8 Å². The summed E-state index contributed by atoms with van der Waals surface area (Å²) >= 11 is 0. The Morgan fingerprint density at radius 2 is 1.80 bits per heavy atom. The van der Waals surface area contributed by atoms with Crippen molar-refractivity contribution in [3.05, 3.63) is 0 Å². The predicted octanol–water partition coefficient (Wildman–Crippen LogP) is 1.23. The second-order valence-electron chi connectivity index (χ2n) is 3.63. The molecule has 1 aliphatic heterocycles. The van der Waals surface area contributed by atoms with Gasteiger partial charge in [-0.15, -0.1) is 0 Å². The molecule has 4 nitrogen and oxygen atoms in total. The van der Waals surface area contributed by atoms with Gasteiger partial charge in [0.2, 0.25) is 0 Å². The summed E-state index contributed by atoms with van der Waals surface area (Å²) in [6.45, 7) is 6.64. The summed E-state index contributed by atoms with van der Waals surface area (Å²) in [4.78, 5) is 0. The number of rotatable bonds is 6. The van der Waals surface area contributed by atoms with Crippen LogP contribution in [0.5, 0.6) is 0 Å². The summed E-state index contributed by atoms with van der Waals surface area (Å²) in [6.07, 6.45) is 1.21. The highest BCUT2D eigenvalue weighted by molar-refractivity contribution is 4.80. The Hall–Kier alpha value is -0.160. The van der Waals surface area contributed by atoms with E-state index < -0.39 is 0 Å². The molecular formula is C11H22O4. The van der Waals surface area contributed by atoms with Crippen molar-refractivity contribution >= 4 is 0 Å². The van der Waals surface area contributed by atoms with E-state index >= 15 is 0 Å². The van der Waals surface area contributed by atoms with Crippen molar-refractivity contribution in [2.24, 2.45) is 0 Å². The van der Waals surface area contributed by atoms with E-state index in [0.717, 1.165) is 6.42 Å². The van der Waals surface area contributed by atoms with Crippen LogP contribution in [0.1, 0.15) is 20.3 Å². The maximum absolute atomic E-state index is 5.66. The van der Waals surface area contributed by atoms with E-state index in [4.69, 9.17) is 18.9 Å². The fourth-order valence-electron chi connectivity index (χ4n) is 1.88. The molecule has 0 aliphatic carbocycles. The van der Waals surface area contributed by atoms with Crippen molar-refractivity contribution in [3.8, 4) is 0 Å². The largest absolute Gasteiger partial charge is 0.382 e. The van der Waals surface area contributed by atoms with Crippen LogP contribution in [0.3, 0.4) is 0 Å². The van der Waals surface area contributed by atoms with E-state index in [9.17, 15) is 0 Å². The monoisotopic (exact) mass is 218 g/mol. The molecule has 3 atom stereocenters. The van der Waals surface area contributed by atoms with Crippen LogP contribution in [0, 0.1) is 0 Å². The van der Waals surface area contributed by atoms with Gasteiger partial charge in [0, 0.05) is 26.7 Å². The molecule has 3 unspecified atom stereocenters. The first kappa shape index (κ1) is 12.9. The molecule has 0 spiro atoms. The minimum absolute atomic E-state index is 0.0723. The molecule has 1 saturated heterocycles. The second-order valence-corrected chi connectivity index (χ2v) is 3.63. The van der Waals surface area contributed by atoms with Gasteiger partial charge in [-0.05, 0) is 13.8 Å². The van der Waals surface area contributed by atoms with E-state index in [1.165, 1.54) is 0 Å². The Kier molecular flexibility index (Phi) is 6.17. The number of methoxy groups -OCH3 is 1. The van der Waals surface area contributed by atoms with Gasteiger partial charge in [-0.2, -0.15) is 0 Å². The fraction of sp³-hybridized carbons (Fsp3) is 1.00. The van der Waals surface area contributed by atoms with Gasteiger partial charge < -0.3 is 18.9 Å². The summed E-state index contributed by atoms with van der Waals surface area (Å²) in [5, 5.41) is 0. The molecule has 1 rings (SSSR count). The van der Waals surface area contributed by atoms with E-state index in [2.05, 4.69) is 0 Å². The van der Waals surface area contributed by atoms with Crippen molar-refractivity contribution in [3.63, 3.8) is 0 Å². The lowest BCUT2D eigenvalue weighted by molar-refractivity contribution is -0.169. The van der Waals surface area contributed by atoms with Gasteiger partial charge in [0.05, 0.1) is 25.4 Å². The normalized spacial score (nSPS) is 31.8. The van der Waals surface area contributed by atoms with E-state index in [1.54, 1.807) is 7.11 Å². The van der Waals surface area contributed by atoms with Crippen molar-refractivity contribution in [1.82, 2.24) is 0 Å². The minimum atomic E-state index is 0.0723. The number of hydrogen-bond donors (Lipinski definition) is 0. The first-order valence-electron chi connectivity index (χ1n) is 5.65. The first-order chi connectivity index (χ1) is 7.31. The zero-order chi connectivity index (χ0) is 11.1. The van der Waals surface area contributed by atoms with Crippen LogP contribution in [0.2, 0.25) is 0 Å². The average molecular weight is 218 g/mol. The maximum atomic E-state index is 5.66. The van der Waals surface area contributed by atoms with Gasteiger partial charge in [0.1, 0.15) is 6.10 Å². The Bertz CT molecular complexity index is 163. The Balaban J connectivity index is 2.41. The molecule has 90 valence electrons. The molecule has 1 heterocycles. The molecule has 0 aromatic heterocycles. The van der Waals surface area contributed by atoms with Gasteiger partial charge in [-0.1, -0.05) is 0 Å². The quantitative estimate of drug-likeness (QED) is 0.672. The van der Waals surface area contributed by atoms with Gasteiger partial charge in [-0.25, -0.2) is 0 Å². The topological polar surface area (TPSA) is 36.9 Å². The highest BCUT2D eigenvalue weighted by Gasteiger charge is 2.32. The average Bonchev–Trinajstić information content (AvgIpc) is 2.23. The Labute approximate surface area is 91.8 Å². The SMILES string of the molecule is CCOC1COC(COC)CC1OCC. The lowest BCUT2D eigenvalue weighted by atomic mass is 10.0. The van der Waals surface area contributed by atoms with Crippen LogP contribution in [-0.2, 0) is 18.9 Å². The smallest absolute Gasteiger partial charge is 0.107 e. The zero-order valence-corrected chi connectivity index (χ0v) is 9.90. The van der Waals surface area contributed by atoms with Gasteiger partial charge in [0.25, 0.3) is 0 Å². The van der Waals surface area contributed by atoms with Crippen LogP contribution in [0.4, 0.5) is 0 Å². The Morgan fingerprint density at radius 1 is 1.13 bits per heavy atom. The minimum Gasteiger partial charge on any atom is -0.382 e. The Morgan fingerprint density at radius 3 is 2.40 bits per heavy atom. The van der Waals surface area contributed by atoms with Crippen molar-refractivity contribution < 1.29 is 18.9 Å². The predicted molar refractivity (Wildman–Crippen MR) is 57.1 cm³/mol. The third kappa shape index (κ3) is 4.07. The van der Waals surface area contributed by atoms with Crippen LogP contribution in [0.15, 0.2) is 0 Å². The molecule has 0 N–H and O–H groups in total. The summed E-state index contributed by atoms with van der Waals surface area (Å²) in [5.41, 5.74) is 0.